The molecule has 1 heterocycles. The number of carbonyl (C=O) groups is 2. The zero-order valence-corrected chi connectivity index (χ0v) is 24.4. The number of carboxylic acids is 1. The third-order valence-corrected chi connectivity index (χ3v) is 11.2. The van der Waals surface area contributed by atoms with E-state index in [1.54, 1.807) is 18.2 Å². The van der Waals surface area contributed by atoms with E-state index in [0.29, 0.717) is 31.2 Å². The number of hydrogen-bond acceptors (Lipinski definition) is 5. The molecule has 2 fully saturated rings. The summed E-state index contributed by atoms with van der Waals surface area (Å²) in [4.78, 5) is 26.5. The third-order valence-electron chi connectivity index (χ3n) is 8.72. The smallest absolute Gasteiger partial charge is 0.416 e. The van der Waals surface area contributed by atoms with E-state index < -0.39 is 62.1 Å². The van der Waals surface area contributed by atoms with Gasteiger partial charge in [-0.2, -0.15) is 13.2 Å². The Morgan fingerprint density at radius 3 is 2.16 bits per heavy atom. The van der Waals surface area contributed by atoms with Crippen molar-refractivity contribution in [2.24, 2.45) is 11.8 Å². The van der Waals surface area contributed by atoms with Gasteiger partial charge >= 0.3 is 12.1 Å². The lowest BCUT2D eigenvalue weighted by Crippen LogP contribution is -2.42. The van der Waals surface area contributed by atoms with Crippen LogP contribution in [0.1, 0.15) is 48.8 Å². The SMILES string of the molecule is O=C(O)[C@H]1CC[C@H](C(=O)N2CC[C@](c3ccc(OCc4c(F)cccc4C(F)(F)F)cc3)(S(=O)(=O)c3ccccc3)C2)CC1. The molecule has 1 amide bonds. The van der Waals surface area contributed by atoms with Crippen molar-refractivity contribution in [2.75, 3.05) is 13.1 Å². The molecule has 0 radical (unpaired) electrons. The maximum absolute atomic E-state index is 14.3. The van der Waals surface area contributed by atoms with Crippen molar-refractivity contribution in [1.29, 1.82) is 0 Å². The monoisotopic (exact) mass is 633 g/mol. The molecule has 7 nitrogen and oxygen atoms in total. The number of amides is 1. The van der Waals surface area contributed by atoms with Crippen LogP contribution in [0, 0.1) is 17.7 Å². The maximum Gasteiger partial charge on any atom is 0.416 e. The van der Waals surface area contributed by atoms with Crippen LogP contribution >= 0.6 is 0 Å². The molecular formula is C32H31F4NO6S. The number of halogens is 4. The molecular weight excluding hydrogens is 602 g/mol. The summed E-state index contributed by atoms with van der Waals surface area (Å²) in [6, 6.07) is 16.4. The molecule has 1 aliphatic carbocycles. The lowest BCUT2D eigenvalue weighted by molar-refractivity contribution is -0.145. The van der Waals surface area contributed by atoms with E-state index in [1.807, 2.05) is 0 Å². The van der Waals surface area contributed by atoms with Crippen LogP contribution in [0.15, 0.2) is 77.7 Å². The summed E-state index contributed by atoms with van der Waals surface area (Å²) in [5, 5.41) is 9.30. The van der Waals surface area contributed by atoms with Crippen LogP contribution < -0.4 is 4.74 Å². The highest BCUT2D eigenvalue weighted by Crippen LogP contribution is 2.45. The molecule has 2 aliphatic rings. The topological polar surface area (TPSA) is 101 Å². The molecule has 1 atom stereocenters. The molecule has 0 aromatic heterocycles. The average Bonchev–Trinajstić information content (AvgIpc) is 3.48. The molecule has 0 bridgehead atoms. The quantitative estimate of drug-likeness (QED) is 0.296. The van der Waals surface area contributed by atoms with Crippen LogP contribution in [0.5, 0.6) is 5.75 Å². The molecule has 1 N–H and O–H groups in total. The van der Waals surface area contributed by atoms with Crippen molar-refractivity contribution >= 4 is 21.7 Å². The van der Waals surface area contributed by atoms with Gasteiger partial charge in [0.2, 0.25) is 5.91 Å². The number of nitrogens with zero attached hydrogens (tertiary/aromatic N) is 1. The first kappa shape index (κ1) is 31.5. The highest BCUT2D eigenvalue weighted by Gasteiger charge is 2.52. The first-order valence-electron chi connectivity index (χ1n) is 14.2. The molecule has 5 rings (SSSR count). The van der Waals surface area contributed by atoms with E-state index in [0.717, 1.165) is 18.2 Å². The molecule has 234 valence electrons. The molecule has 1 aliphatic heterocycles. The van der Waals surface area contributed by atoms with Crippen molar-refractivity contribution in [1.82, 2.24) is 4.90 Å². The molecule has 3 aromatic rings. The summed E-state index contributed by atoms with van der Waals surface area (Å²) in [5.41, 5.74) is -1.41. The summed E-state index contributed by atoms with van der Waals surface area (Å²) in [5.74, 6) is -2.92. The average molecular weight is 634 g/mol. The Bertz CT molecular complexity index is 1620. The van der Waals surface area contributed by atoms with Gasteiger partial charge in [0.15, 0.2) is 9.84 Å². The zero-order valence-electron chi connectivity index (χ0n) is 23.6. The summed E-state index contributed by atoms with van der Waals surface area (Å²) < 4.78 is 86.9. The minimum absolute atomic E-state index is 0.0795. The highest BCUT2D eigenvalue weighted by atomic mass is 32.2. The van der Waals surface area contributed by atoms with Crippen LogP contribution in [0.4, 0.5) is 17.6 Å². The highest BCUT2D eigenvalue weighted by molar-refractivity contribution is 7.92. The zero-order chi connectivity index (χ0) is 31.7. The maximum atomic E-state index is 14.3. The number of rotatable bonds is 8. The van der Waals surface area contributed by atoms with Gasteiger partial charge in [-0.1, -0.05) is 36.4 Å². The summed E-state index contributed by atoms with van der Waals surface area (Å²) >= 11 is 0. The Morgan fingerprint density at radius 2 is 1.55 bits per heavy atom. The number of likely N-dealkylation sites (tertiary alicyclic amines) is 1. The van der Waals surface area contributed by atoms with Crippen molar-refractivity contribution < 1.29 is 45.4 Å². The second-order valence-corrected chi connectivity index (χ2v) is 13.5. The minimum atomic E-state index is -4.77. The Labute approximate surface area is 252 Å². The summed E-state index contributed by atoms with van der Waals surface area (Å²) in [6.45, 7) is -0.636. The normalized spacial score (nSPS) is 22.5. The van der Waals surface area contributed by atoms with Gasteiger partial charge in [0.1, 0.15) is 22.9 Å². The number of hydrogen-bond donors (Lipinski definition) is 1. The van der Waals surface area contributed by atoms with E-state index in [2.05, 4.69) is 0 Å². The van der Waals surface area contributed by atoms with Crippen LogP contribution in [-0.2, 0) is 37.0 Å². The molecule has 0 spiro atoms. The molecule has 1 saturated carbocycles. The Morgan fingerprint density at radius 1 is 0.909 bits per heavy atom. The van der Waals surface area contributed by atoms with Crippen molar-refractivity contribution in [3.05, 3.63) is 95.3 Å². The second-order valence-electron chi connectivity index (χ2n) is 11.3. The van der Waals surface area contributed by atoms with E-state index in [4.69, 9.17) is 4.74 Å². The number of benzene rings is 3. The summed E-state index contributed by atoms with van der Waals surface area (Å²) in [7, 11) is -4.05. The van der Waals surface area contributed by atoms with Gasteiger partial charge in [0.05, 0.1) is 16.4 Å². The fourth-order valence-corrected chi connectivity index (χ4v) is 8.33. The predicted molar refractivity (Wildman–Crippen MR) is 152 cm³/mol. The molecule has 44 heavy (non-hydrogen) atoms. The molecule has 1 saturated heterocycles. The molecule has 12 heteroatoms. The van der Waals surface area contributed by atoms with Crippen molar-refractivity contribution in [3.63, 3.8) is 0 Å². The van der Waals surface area contributed by atoms with Gasteiger partial charge in [-0.05, 0) is 74.1 Å². The van der Waals surface area contributed by atoms with E-state index in [-0.39, 0.29) is 36.1 Å². The Kier molecular flexibility index (Phi) is 8.75. The van der Waals surface area contributed by atoms with Crippen LogP contribution in [-0.4, -0.2) is 43.4 Å². The van der Waals surface area contributed by atoms with Gasteiger partial charge in [-0.3, -0.25) is 9.59 Å². The van der Waals surface area contributed by atoms with Crippen LogP contribution in [0.2, 0.25) is 0 Å². The lowest BCUT2D eigenvalue weighted by Gasteiger charge is -2.32. The number of ether oxygens (including phenoxy) is 1. The first-order chi connectivity index (χ1) is 20.8. The number of aliphatic carboxylic acids is 1. The number of carboxylic acid groups (broad SMARTS) is 1. The molecule has 0 unspecified atom stereocenters. The minimum Gasteiger partial charge on any atom is -0.489 e. The number of alkyl halides is 3. The standard InChI is InChI=1S/C32H31F4NO6S/c33-28-8-4-7-27(32(34,35)36)26(28)19-43-24-15-13-23(14-16-24)31(44(41,42)25-5-2-1-3-6-25)17-18-37(20-31)29(38)21-9-11-22(12-10-21)30(39)40/h1-8,13-16,21-22H,9-12,17-20H2,(H,39,40)/t21-,22-,31-/m0/s1. The van der Waals surface area contributed by atoms with Gasteiger partial charge < -0.3 is 14.7 Å². The van der Waals surface area contributed by atoms with Crippen molar-refractivity contribution in [3.8, 4) is 5.75 Å². The molecule has 3 aromatic carbocycles. The predicted octanol–water partition coefficient (Wildman–Crippen LogP) is 6.22. The number of sulfone groups is 1. The van der Waals surface area contributed by atoms with Gasteiger partial charge in [0.25, 0.3) is 0 Å². The largest absolute Gasteiger partial charge is 0.489 e. The first-order valence-corrected chi connectivity index (χ1v) is 15.7. The third kappa shape index (κ3) is 6.04. The van der Waals surface area contributed by atoms with E-state index in [1.165, 1.54) is 41.3 Å². The van der Waals surface area contributed by atoms with Gasteiger partial charge in [-0.25, -0.2) is 12.8 Å². The van der Waals surface area contributed by atoms with Crippen LogP contribution in [0.3, 0.4) is 0 Å². The Hall–Kier alpha value is -3.93. The van der Waals surface area contributed by atoms with Crippen LogP contribution in [0.25, 0.3) is 0 Å². The van der Waals surface area contributed by atoms with Gasteiger partial charge in [-0.15, -0.1) is 0 Å². The van der Waals surface area contributed by atoms with Crippen molar-refractivity contribution in [2.45, 2.75) is 54.5 Å². The number of carbonyl (C=O) groups excluding carboxylic acids is 1. The summed E-state index contributed by atoms with van der Waals surface area (Å²) in [6.07, 6.45) is -3.09. The van der Waals surface area contributed by atoms with E-state index >= 15 is 0 Å². The second kappa shape index (κ2) is 12.2. The fourth-order valence-electron chi connectivity index (χ4n) is 6.23. The van der Waals surface area contributed by atoms with E-state index in [9.17, 15) is 40.7 Å². The fraction of sp³-hybridized carbons (Fsp3) is 0.375. The lowest BCUT2D eigenvalue weighted by atomic mass is 9.81. The van der Waals surface area contributed by atoms with Gasteiger partial charge in [0, 0.05) is 24.6 Å². The Balaban J connectivity index is 1.41.